The van der Waals surface area contributed by atoms with Gasteiger partial charge < -0.3 is 14.4 Å². The number of benzene rings is 2. The quantitative estimate of drug-likeness (QED) is 0.755. The van der Waals surface area contributed by atoms with Gasteiger partial charge in [0, 0.05) is 18.3 Å². The van der Waals surface area contributed by atoms with Crippen molar-refractivity contribution in [1.82, 2.24) is 0 Å². The molecule has 1 aliphatic heterocycles. The standard InChI is InChI=1S/C19H22N2O5S/c1-25-15-8-9-18(26-2)17(12-15)21(27(3,23)24)13-19(22)20-11-10-14-6-4-5-7-16(14)20/h4-9,12H,10-11,13H2,1-3H3. The Bertz CT molecular complexity index is 958. The van der Waals surface area contributed by atoms with Gasteiger partial charge in [0.15, 0.2) is 0 Å². The van der Waals surface area contributed by atoms with Crippen molar-refractivity contribution in [3.05, 3.63) is 48.0 Å². The number of sulfonamides is 1. The number of ether oxygens (including phenoxy) is 2. The van der Waals surface area contributed by atoms with Gasteiger partial charge in [0.05, 0.1) is 26.2 Å². The van der Waals surface area contributed by atoms with E-state index in [1.807, 2.05) is 24.3 Å². The van der Waals surface area contributed by atoms with E-state index in [1.54, 1.807) is 23.1 Å². The summed E-state index contributed by atoms with van der Waals surface area (Å²) in [6.07, 6.45) is 1.82. The molecule has 2 aromatic carbocycles. The molecule has 0 spiro atoms. The second-order valence-electron chi connectivity index (χ2n) is 6.23. The molecule has 0 unspecified atom stereocenters. The Labute approximate surface area is 159 Å². The monoisotopic (exact) mass is 390 g/mol. The summed E-state index contributed by atoms with van der Waals surface area (Å²) in [6, 6.07) is 12.5. The SMILES string of the molecule is COc1ccc(OC)c(N(CC(=O)N2CCc3ccccc32)S(C)(=O)=O)c1. The van der Waals surface area contributed by atoms with E-state index in [4.69, 9.17) is 9.47 Å². The number of fused-ring (bicyclic) bond motifs is 1. The Balaban J connectivity index is 1.95. The largest absolute Gasteiger partial charge is 0.497 e. The first kappa shape index (κ1) is 19.0. The van der Waals surface area contributed by atoms with Gasteiger partial charge in [0.2, 0.25) is 15.9 Å². The first-order chi connectivity index (χ1) is 12.8. The topological polar surface area (TPSA) is 76.2 Å². The van der Waals surface area contributed by atoms with Crippen LogP contribution in [0.5, 0.6) is 11.5 Å². The van der Waals surface area contributed by atoms with Gasteiger partial charge in [-0.15, -0.1) is 0 Å². The lowest BCUT2D eigenvalue weighted by atomic mass is 10.2. The Hall–Kier alpha value is -2.74. The van der Waals surface area contributed by atoms with Gasteiger partial charge >= 0.3 is 0 Å². The van der Waals surface area contributed by atoms with Crippen LogP contribution in [0.2, 0.25) is 0 Å². The van der Waals surface area contributed by atoms with Crippen molar-refractivity contribution in [1.29, 1.82) is 0 Å². The molecule has 8 heteroatoms. The smallest absolute Gasteiger partial charge is 0.247 e. The molecule has 0 saturated carbocycles. The van der Waals surface area contributed by atoms with Crippen molar-refractivity contribution in [3.63, 3.8) is 0 Å². The molecular formula is C19H22N2O5S. The fourth-order valence-corrected chi connectivity index (χ4v) is 4.02. The molecule has 144 valence electrons. The summed E-state index contributed by atoms with van der Waals surface area (Å²) in [5, 5.41) is 0. The lowest BCUT2D eigenvalue weighted by Crippen LogP contribution is -2.42. The Morgan fingerprint density at radius 3 is 2.56 bits per heavy atom. The van der Waals surface area contributed by atoms with Gasteiger partial charge in [-0.25, -0.2) is 8.42 Å². The molecule has 1 heterocycles. The van der Waals surface area contributed by atoms with Crippen LogP contribution in [0.25, 0.3) is 0 Å². The number of carbonyl (C=O) groups is 1. The van der Waals surface area contributed by atoms with Crippen LogP contribution in [-0.4, -0.2) is 47.9 Å². The van der Waals surface area contributed by atoms with E-state index in [0.29, 0.717) is 18.0 Å². The van der Waals surface area contributed by atoms with E-state index >= 15 is 0 Å². The normalized spacial score (nSPS) is 13.2. The maximum absolute atomic E-state index is 12.9. The van der Waals surface area contributed by atoms with E-state index < -0.39 is 10.0 Å². The summed E-state index contributed by atoms with van der Waals surface area (Å²) in [5.41, 5.74) is 2.17. The minimum atomic E-state index is -3.73. The number of hydrogen-bond acceptors (Lipinski definition) is 5. The molecule has 3 rings (SSSR count). The number of anilines is 2. The lowest BCUT2D eigenvalue weighted by Gasteiger charge is -2.26. The summed E-state index contributed by atoms with van der Waals surface area (Å²) in [6.45, 7) is 0.210. The zero-order valence-corrected chi connectivity index (χ0v) is 16.3. The molecule has 0 N–H and O–H groups in total. The summed E-state index contributed by atoms with van der Waals surface area (Å²) >= 11 is 0. The highest BCUT2D eigenvalue weighted by Crippen LogP contribution is 2.34. The van der Waals surface area contributed by atoms with Crippen molar-refractivity contribution < 1.29 is 22.7 Å². The highest BCUT2D eigenvalue weighted by Gasteiger charge is 2.30. The second-order valence-corrected chi connectivity index (χ2v) is 8.14. The number of amides is 1. The molecule has 0 saturated heterocycles. The minimum absolute atomic E-state index is 0.264. The van der Waals surface area contributed by atoms with Crippen molar-refractivity contribution in [2.75, 3.05) is 42.8 Å². The molecule has 1 amide bonds. The van der Waals surface area contributed by atoms with Gasteiger partial charge in [0.25, 0.3) is 0 Å². The zero-order chi connectivity index (χ0) is 19.6. The van der Waals surface area contributed by atoms with E-state index in [-0.39, 0.29) is 18.1 Å². The lowest BCUT2D eigenvalue weighted by molar-refractivity contribution is -0.117. The summed E-state index contributed by atoms with van der Waals surface area (Å²) in [7, 11) is -0.790. The highest BCUT2D eigenvalue weighted by atomic mass is 32.2. The van der Waals surface area contributed by atoms with Gasteiger partial charge in [0.1, 0.15) is 18.0 Å². The summed E-state index contributed by atoms with van der Waals surface area (Å²) in [5.74, 6) is 0.518. The molecule has 1 aliphatic rings. The van der Waals surface area contributed by atoms with E-state index in [9.17, 15) is 13.2 Å². The van der Waals surface area contributed by atoms with E-state index in [2.05, 4.69) is 0 Å². The molecule has 0 radical (unpaired) electrons. The van der Waals surface area contributed by atoms with Crippen molar-refractivity contribution >= 4 is 27.3 Å². The number of rotatable bonds is 6. The van der Waals surface area contributed by atoms with Crippen LogP contribution in [0.4, 0.5) is 11.4 Å². The average Bonchev–Trinajstić information content (AvgIpc) is 3.08. The Morgan fingerprint density at radius 1 is 1.15 bits per heavy atom. The van der Waals surface area contributed by atoms with Crippen LogP contribution in [0, 0.1) is 0 Å². The molecule has 0 atom stereocenters. The molecule has 27 heavy (non-hydrogen) atoms. The molecule has 0 aromatic heterocycles. The summed E-state index contributed by atoms with van der Waals surface area (Å²) < 4.78 is 36.5. The summed E-state index contributed by atoms with van der Waals surface area (Å²) in [4.78, 5) is 14.6. The van der Waals surface area contributed by atoms with E-state index in [1.165, 1.54) is 14.2 Å². The predicted octanol–water partition coefficient (Wildman–Crippen LogP) is 2.06. The van der Waals surface area contributed by atoms with Gasteiger partial charge in [-0.3, -0.25) is 9.10 Å². The zero-order valence-electron chi connectivity index (χ0n) is 15.5. The molecule has 0 aliphatic carbocycles. The van der Waals surface area contributed by atoms with Crippen molar-refractivity contribution in [2.24, 2.45) is 0 Å². The third kappa shape index (κ3) is 3.85. The van der Waals surface area contributed by atoms with E-state index in [0.717, 1.165) is 28.2 Å². The van der Waals surface area contributed by atoms with Crippen LogP contribution in [0.3, 0.4) is 0 Å². The predicted molar refractivity (Wildman–Crippen MR) is 104 cm³/mol. The third-order valence-electron chi connectivity index (χ3n) is 4.52. The molecule has 0 fully saturated rings. The van der Waals surface area contributed by atoms with Gasteiger partial charge in [-0.1, -0.05) is 18.2 Å². The number of carbonyl (C=O) groups excluding carboxylic acids is 1. The van der Waals surface area contributed by atoms with Crippen LogP contribution >= 0.6 is 0 Å². The van der Waals surface area contributed by atoms with Crippen LogP contribution in [-0.2, 0) is 21.2 Å². The molecule has 7 nitrogen and oxygen atoms in total. The van der Waals surface area contributed by atoms with Crippen molar-refractivity contribution in [2.45, 2.75) is 6.42 Å². The van der Waals surface area contributed by atoms with Gasteiger partial charge in [-0.05, 0) is 30.2 Å². The molecule has 2 aromatic rings. The first-order valence-corrected chi connectivity index (χ1v) is 10.3. The van der Waals surface area contributed by atoms with Crippen LogP contribution in [0.15, 0.2) is 42.5 Å². The Morgan fingerprint density at radius 2 is 1.89 bits per heavy atom. The Kier molecular flexibility index (Phi) is 5.27. The maximum atomic E-state index is 12.9. The number of nitrogens with zero attached hydrogens (tertiary/aromatic N) is 2. The fraction of sp³-hybridized carbons (Fsp3) is 0.316. The van der Waals surface area contributed by atoms with Crippen molar-refractivity contribution in [3.8, 4) is 11.5 Å². The maximum Gasteiger partial charge on any atom is 0.247 e. The third-order valence-corrected chi connectivity index (χ3v) is 5.65. The molecular weight excluding hydrogens is 368 g/mol. The second kappa shape index (κ2) is 7.48. The van der Waals surface area contributed by atoms with Crippen LogP contribution < -0.4 is 18.7 Å². The highest BCUT2D eigenvalue weighted by molar-refractivity contribution is 7.92. The fourth-order valence-electron chi connectivity index (χ4n) is 3.18. The minimum Gasteiger partial charge on any atom is -0.497 e. The van der Waals surface area contributed by atoms with Gasteiger partial charge in [-0.2, -0.15) is 0 Å². The average molecular weight is 390 g/mol. The number of methoxy groups -OCH3 is 2. The van der Waals surface area contributed by atoms with Crippen LogP contribution in [0.1, 0.15) is 5.56 Å². The number of para-hydroxylation sites is 1. The number of hydrogen-bond donors (Lipinski definition) is 0. The molecule has 0 bridgehead atoms. The first-order valence-electron chi connectivity index (χ1n) is 8.43.